The van der Waals surface area contributed by atoms with Gasteiger partial charge in [-0.2, -0.15) is 4.68 Å². The molecule has 0 saturated heterocycles. The average molecular weight is 517 g/mol. The van der Waals surface area contributed by atoms with Crippen LogP contribution in [0.5, 0.6) is 0 Å². The highest BCUT2D eigenvalue weighted by atomic mass is 16.2. The van der Waals surface area contributed by atoms with Crippen LogP contribution >= 0.6 is 0 Å². The molecule has 0 aliphatic carbocycles. The number of pyridine rings is 1. The van der Waals surface area contributed by atoms with Crippen LogP contribution in [0.15, 0.2) is 91.0 Å². The third-order valence-electron chi connectivity index (χ3n) is 6.66. The Morgan fingerprint density at radius 2 is 1.59 bits per heavy atom. The summed E-state index contributed by atoms with van der Waals surface area (Å²) in [6.07, 6.45) is 0. The predicted molar refractivity (Wildman–Crippen MR) is 149 cm³/mol. The predicted octanol–water partition coefficient (Wildman–Crippen LogP) is 5.09. The van der Waals surface area contributed by atoms with E-state index in [9.17, 15) is 9.59 Å². The maximum atomic E-state index is 14.6. The molecule has 0 bridgehead atoms. The average Bonchev–Trinajstić information content (AvgIpc) is 3.33. The molecule has 5 aromatic rings. The first-order chi connectivity index (χ1) is 18.8. The van der Waals surface area contributed by atoms with Gasteiger partial charge in [0, 0.05) is 28.6 Å². The van der Waals surface area contributed by atoms with Gasteiger partial charge < -0.3 is 10.2 Å². The second kappa shape index (κ2) is 9.47. The Labute approximate surface area is 226 Å². The Hall–Kier alpha value is -4.85. The molecule has 3 aromatic carbocycles. The van der Waals surface area contributed by atoms with Crippen molar-refractivity contribution >= 4 is 22.7 Å². The van der Waals surface area contributed by atoms with Gasteiger partial charge in [-0.05, 0) is 38.5 Å². The summed E-state index contributed by atoms with van der Waals surface area (Å²) in [4.78, 5) is 35.2. The number of hydrogen-bond donors (Lipinski definition) is 1. The summed E-state index contributed by atoms with van der Waals surface area (Å²) in [7, 11) is 0. The fourth-order valence-electron chi connectivity index (χ4n) is 4.99. The normalized spacial score (nSPS) is 15.0. The molecule has 1 aliphatic rings. The molecule has 39 heavy (non-hydrogen) atoms. The third-order valence-corrected chi connectivity index (χ3v) is 6.66. The maximum absolute atomic E-state index is 14.6. The highest BCUT2D eigenvalue weighted by molar-refractivity contribution is 6.03. The van der Waals surface area contributed by atoms with Crippen LogP contribution in [0.4, 0.5) is 0 Å². The summed E-state index contributed by atoms with van der Waals surface area (Å²) in [5.74, 6) is -0.222. The van der Waals surface area contributed by atoms with Gasteiger partial charge in [-0.25, -0.2) is 4.98 Å². The molecule has 3 heterocycles. The molecule has 6 rings (SSSR count). The number of hydrogen-bond acceptors (Lipinski definition) is 5. The fourth-order valence-corrected chi connectivity index (χ4v) is 4.99. The van der Waals surface area contributed by atoms with E-state index in [-0.39, 0.29) is 24.1 Å². The number of amides is 2. The molecule has 8 nitrogen and oxygen atoms in total. The second-order valence-electron chi connectivity index (χ2n) is 10.7. The van der Waals surface area contributed by atoms with Crippen LogP contribution in [0, 0.1) is 0 Å². The Balaban J connectivity index is 1.64. The van der Waals surface area contributed by atoms with Gasteiger partial charge in [0.25, 0.3) is 5.91 Å². The van der Waals surface area contributed by atoms with Crippen molar-refractivity contribution in [2.24, 2.45) is 0 Å². The summed E-state index contributed by atoms with van der Waals surface area (Å²) in [6, 6.07) is 27.8. The SMILES string of the molecule is CC(C)(C)NC(=O)C1c2cc3ccccc3nc2-n2nnc(-c3ccccc3)c2C(=O)N1Cc1ccccc1. The Morgan fingerprint density at radius 1 is 0.923 bits per heavy atom. The van der Waals surface area contributed by atoms with Crippen LogP contribution < -0.4 is 5.32 Å². The molecule has 8 heteroatoms. The van der Waals surface area contributed by atoms with Gasteiger partial charge in [-0.15, -0.1) is 5.10 Å². The number of benzene rings is 3. The molecule has 0 radical (unpaired) electrons. The minimum absolute atomic E-state index is 0.216. The Morgan fingerprint density at radius 3 is 2.31 bits per heavy atom. The summed E-state index contributed by atoms with van der Waals surface area (Å²) < 4.78 is 1.49. The minimum Gasteiger partial charge on any atom is -0.349 e. The molecule has 0 spiro atoms. The molecule has 1 N–H and O–H groups in total. The zero-order valence-corrected chi connectivity index (χ0v) is 22.0. The van der Waals surface area contributed by atoms with Crippen LogP contribution in [0.1, 0.15) is 48.4 Å². The lowest BCUT2D eigenvalue weighted by Crippen LogP contribution is -2.48. The van der Waals surface area contributed by atoms with Gasteiger partial charge in [0.1, 0.15) is 11.7 Å². The molecule has 0 fully saturated rings. The van der Waals surface area contributed by atoms with Crippen molar-refractivity contribution in [1.29, 1.82) is 0 Å². The van der Waals surface area contributed by atoms with Crippen LogP contribution in [-0.2, 0) is 11.3 Å². The molecule has 2 amide bonds. The van der Waals surface area contributed by atoms with E-state index in [0.717, 1.165) is 22.0 Å². The Kier molecular flexibility index (Phi) is 5.95. The largest absolute Gasteiger partial charge is 0.349 e. The minimum atomic E-state index is -0.950. The number of nitrogens with zero attached hydrogens (tertiary/aromatic N) is 5. The Bertz CT molecular complexity index is 1690. The van der Waals surface area contributed by atoms with E-state index in [0.29, 0.717) is 17.1 Å². The smallest absolute Gasteiger partial charge is 0.276 e. The number of carbonyl (C=O) groups excluding carboxylic acids is 2. The van der Waals surface area contributed by atoms with E-state index in [4.69, 9.17) is 4.98 Å². The molecular weight excluding hydrogens is 488 g/mol. The van der Waals surface area contributed by atoms with Gasteiger partial charge in [0.05, 0.1) is 5.52 Å². The molecule has 194 valence electrons. The van der Waals surface area contributed by atoms with Crippen molar-refractivity contribution in [1.82, 2.24) is 30.2 Å². The van der Waals surface area contributed by atoms with Crippen LogP contribution in [0.3, 0.4) is 0 Å². The van der Waals surface area contributed by atoms with Crippen molar-refractivity contribution < 1.29 is 9.59 Å². The number of carbonyl (C=O) groups is 2. The fraction of sp³-hybridized carbons (Fsp3) is 0.194. The zero-order valence-electron chi connectivity index (χ0n) is 22.0. The van der Waals surface area contributed by atoms with E-state index >= 15 is 0 Å². The van der Waals surface area contributed by atoms with Gasteiger partial charge in [0.15, 0.2) is 11.5 Å². The van der Waals surface area contributed by atoms with E-state index in [2.05, 4.69) is 15.6 Å². The first kappa shape index (κ1) is 24.5. The van der Waals surface area contributed by atoms with Gasteiger partial charge in [0.2, 0.25) is 5.91 Å². The summed E-state index contributed by atoms with van der Waals surface area (Å²) in [5, 5.41) is 12.8. The van der Waals surface area contributed by atoms with Crippen molar-refractivity contribution in [2.75, 3.05) is 0 Å². The standard InChI is InChI=1S/C31H28N6O2/c1-31(2,3)33-29(38)26-23-18-22-16-10-11-17-24(22)32-28(23)37-27(25(34-35-37)21-14-8-5-9-15-21)30(39)36(26)19-20-12-6-4-7-13-20/h4-18,26H,19H2,1-3H3,(H,33,38). The van der Waals surface area contributed by atoms with Crippen LogP contribution in [-0.4, -0.2) is 42.2 Å². The van der Waals surface area contributed by atoms with E-state index in [1.807, 2.05) is 112 Å². The van der Waals surface area contributed by atoms with E-state index in [1.165, 1.54) is 4.68 Å². The lowest BCUT2D eigenvalue weighted by atomic mass is 10.00. The molecule has 1 atom stereocenters. The van der Waals surface area contributed by atoms with E-state index < -0.39 is 11.6 Å². The lowest BCUT2D eigenvalue weighted by molar-refractivity contribution is -0.127. The van der Waals surface area contributed by atoms with Crippen molar-refractivity contribution in [3.63, 3.8) is 0 Å². The molecule has 1 unspecified atom stereocenters. The van der Waals surface area contributed by atoms with E-state index in [1.54, 1.807) is 4.90 Å². The van der Waals surface area contributed by atoms with Crippen molar-refractivity contribution in [2.45, 2.75) is 38.9 Å². The van der Waals surface area contributed by atoms with Crippen LogP contribution in [0.25, 0.3) is 28.0 Å². The number of rotatable bonds is 4. The molecular formula is C31H28N6O2. The molecule has 1 aliphatic heterocycles. The second-order valence-corrected chi connectivity index (χ2v) is 10.7. The van der Waals surface area contributed by atoms with Crippen molar-refractivity contribution in [3.05, 3.63) is 108 Å². The number of aromatic nitrogens is 4. The molecule has 0 saturated carbocycles. The van der Waals surface area contributed by atoms with Gasteiger partial charge in [-0.1, -0.05) is 84.1 Å². The molecule has 2 aromatic heterocycles. The van der Waals surface area contributed by atoms with Crippen molar-refractivity contribution in [3.8, 4) is 17.1 Å². The zero-order chi connectivity index (χ0) is 27.1. The topological polar surface area (TPSA) is 93.0 Å². The number of fused-ring (bicyclic) bond motifs is 4. The third kappa shape index (κ3) is 4.54. The number of nitrogens with one attached hydrogen (secondary N) is 1. The van der Waals surface area contributed by atoms with Gasteiger partial charge in [-0.3, -0.25) is 9.59 Å². The monoisotopic (exact) mass is 516 g/mol. The first-order valence-electron chi connectivity index (χ1n) is 12.9. The summed E-state index contributed by atoms with van der Waals surface area (Å²) >= 11 is 0. The summed E-state index contributed by atoms with van der Waals surface area (Å²) in [6.45, 7) is 5.99. The van der Waals surface area contributed by atoms with Crippen LogP contribution in [0.2, 0.25) is 0 Å². The lowest BCUT2D eigenvalue weighted by Gasteiger charge is -2.32. The maximum Gasteiger partial charge on any atom is 0.276 e. The highest BCUT2D eigenvalue weighted by Gasteiger charge is 2.42. The quantitative estimate of drug-likeness (QED) is 0.359. The first-order valence-corrected chi connectivity index (χ1v) is 12.9. The number of para-hydroxylation sites is 1. The van der Waals surface area contributed by atoms with Gasteiger partial charge >= 0.3 is 0 Å². The highest BCUT2D eigenvalue weighted by Crippen LogP contribution is 2.37. The summed E-state index contributed by atoms with van der Waals surface area (Å²) in [5.41, 5.74) is 3.17.